The number of nitriles is 1. The summed E-state index contributed by atoms with van der Waals surface area (Å²) in [6, 6.07) is 4.33. The van der Waals surface area contributed by atoms with Crippen LogP contribution in [0.2, 0.25) is 0 Å². The summed E-state index contributed by atoms with van der Waals surface area (Å²) in [5.41, 5.74) is 0.698. The molecule has 2 atom stereocenters. The lowest BCUT2D eigenvalue weighted by Gasteiger charge is -2.26. The lowest BCUT2D eigenvalue weighted by Crippen LogP contribution is -2.34. The van der Waals surface area contributed by atoms with Crippen LogP contribution in [0.15, 0.2) is 12.1 Å². The van der Waals surface area contributed by atoms with Gasteiger partial charge in [-0.15, -0.1) is 0 Å². The molecular weight excluding hydrogens is 508 g/mol. The Morgan fingerprint density at radius 2 is 1.37 bits per heavy atom. The summed E-state index contributed by atoms with van der Waals surface area (Å²) in [6.07, 6.45) is 17.7. The molecule has 0 saturated heterocycles. The van der Waals surface area contributed by atoms with Crippen LogP contribution in [0.25, 0.3) is 0 Å². The van der Waals surface area contributed by atoms with E-state index in [1.54, 1.807) is 6.92 Å². The lowest BCUT2D eigenvalue weighted by molar-refractivity contribution is -0.138. The molecule has 0 radical (unpaired) electrons. The van der Waals surface area contributed by atoms with Gasteiger partial charge in [-0.05, 0) is 38.0 Å². The number of aryl methyl sites for hydroxylation is 1. The van der Waals surface area contributed by atoms with Crippen LogP contribution in [0.3, 0.4) is 0 Å². The van der Waals surface area contributed by atoms with Gasteiger partial charge in [0.05, 0.1) is 18.2 Å². The normalized spacial score (nSPS) is 13.3. The van der Waals surface area contributed by atoms with Crippen LogP contribution in [0.1, 0.15) is 128 Å². The van der Waals surface area contributed by atoms with Crippen LogP contribution < -0.4 is 4.74 Å². The topological polar surface area (TPSA) is 109 Å². The van der Waals surface area contributed by atoms with Crippen LogP contribution >= 0.6 is 7.82 Å². The van der Waals surface area contributed by atoms with Gasteiger partial charge in [0.1, 0.15) is 6.10 Å². The van der Waals surface area contributed by atoms with E-state index in [0.717, 1.165) is 25.3 Å². The average Bonchev–Trinajstić information content (AvgIpc) is 2.85. The summed E-state index contributed by atoms with van der Waals surface area (Å²) >= 11 is 0. The number of phosphoric ester groups is 1. The maximum atomic E-state index is 14.4. The summed E-state index contributed by atoms with van der Waals surface area (Å²) < 4.78 is 41.7. The first-order valence-electron chi connectivity index (χ1n) is 14.4. The van der Waals surface area contributed by atoms with Crippen LogP contribution in [-0.2, 0) is 13.8 Å². The molecule has 1 unspecified atom stereocenters. The Kier molecular flexibility index (Phi) is 18.6. The van der Waals surface area contributed by atoms with Gasteiger partial charge >= 0.3 is 7.82 Å². The van der Waals surface area contributed by atoms with E-state index in [9.17, 15) is 8.96 Å². The van der Waals surface area contributed by atoms with Gasteiger partial charge in [-0.3, -0.25) is 4.52 Å². The predicted octanol–water partition coefficient (Wildman–Crippen LogP) is 8.49. The highest BCUT2D eigenvalue weighted by atomic mass is 31.2. The number of phosphoric acid groups is 1. The summed E-state index contributed by atoms with van der Waals surface area (Å²) in [4.78, 5) is 18.3. The fourth-order valence-corrected chi connectivity index (χ4v) is 4.90. The Morgan fingerprint density at radius 1 is 0.895 bits per heavy atom. The molecule has 1 rings (SSSR count). The molecule has 0 amide bonds. The van der Waals surface area contributed by atoms with Crippen LogP contribution in [0.4, 0.5) is 4.39 Å². The highest BCUT2D eigenvalue weighted by Gasteiger charge is 2.29. The molecule has 0 aliphatic rings. The molecule has 0 heterocycles. The molecule has 0 saturated carbocycles. The maximum Gasteiger partial charge on any atom is 0.470 e. The Labute approximate surface area is 229 Å². The van der Waals surface area contributed by atoms with E-state index >= 15 is 0 Å². The van der Waals surface area contributed by atoms with Crippen molar-refractivity contribution in [1.82, 2.24) is 0 Å². The van der Waals surface area contributed by atoms with E-state index in [1.165, 1.54) is 96.5 Å². The molecule has 1 aromatic carbocycles. The van der Waals surface area contributed by atoms with Crippen molar-refractivity contribution in [3.63, 3.8) is 0 Å². The molecule has 7 nitrogen and oxygen atoms in total. The third-order valence-corrected chi connectivity index (χ3v) is 7.22. The minimum atomic E-state index is -4.79. The minimum Gasteiger partial charge on any atom is -0.459 e. The van der Waals surface area contributed by atoms with Crippen LogP contribution in [0.5, 0.6) is 5.75 Å². The minimum absolute atomic E-state index is 0.167. The molecular formula is C29H49FNO6P. The van der Waals surface area contributed by atoms with E-state index in [1.807, 2.05) is 6.07 Å². The number of nitrogens with zero attached hydrogens (tertiary/aromatic N) is 1. The van der Waals surface area contributed by atoms with E-state index in [4.69, 9.17) is 29.0 Å². The number of unbranched alkanes of at least 4 members (excludes halogenated alkanes) is 15. The predicted molar refractivity (Wildman–Crippen MR) is 148 cm³/mol. The molecule has 0 aromatic heterocycles. The fourth-order valence-electron chi connectivity index (χ4n) is 4.37. The Balaban J connectivity index is 2.26. The Bertz CT molecular complexity index is 856. The number of benzene rings is 1. The zero-order valence-electron chi connectivity index (χ0n) is 23.6. The van der Waals surface area contributed by atoms with Gasteiger partial charge in [0.15, 0.2) is 11.6 Å². The first-order chi connectivity index (χ1) is 18.2. The third-order valence-electron chi connectivity index (χ3n) is 6.61. The van der Waals surface area contributed by atoms with Crippen LogP contribution in [-0.4, -0.2) is 28.8 Å². The second kappa shape index (κ2) is 20.4. The smallest absolute Gasteiger partial charge is 0.459 e. The summed E-state index contributed by atoms with van der Waals surface area (Å²) in [7, 11) is -4.79. The molecule has 2 N–H and O–H groups in total. The van der Waals surface area contributed by atoms with Crippen molar-refractivity contribution >= 4 is 7.82 Å². The first-order valence-corrected chi connectivity index (χ1v) is 15.9. The first kappa shape index (κ1) is 34.5. The molecule has 0 aliphatic heterocycles. The van der Waals surface area contributed by atoms with Gasteiger partial charge in [0, 0.05) is 0 Å². The maximum absolute atomic E-state index is 14.4. The van der Waals surface area contributed by atoms with Gasteiger partial charge in [0.25, 0.3) is 0 Å². The standard InChI is InChI=1S/C29H49FNO6P/c1-4-5-6-7-8-9-10-11-12-13-14-15-16-17-18-19-20-35-29(25(3)37-38(32,33)34)36-28-21-24(2)26(23-31)22-27(28)30/h21-22,25,29H,4-20H2,1-3H3,(H2,32,33,34)/t25?,29-/m1/s1. The monoisotopic (exact) mass is 557 g/mol. The summed E-state index contributed by atoms with van der Waals surface area (Å²) in [5.74, 6) is -0.925. The zero-order chi connectivity index (χ0) is 28.2. The van der Waals surface area contributed by atoms with Gasteiger partial charge in [-0.1, -0.05) is 103 Å². The van der Waals surface area contributed by atoms with E-state index in [2.05, 4.69) is 6.92 Å². The number of halogens is 1. The molecule has 9 heteroatoms. The lowest BCUT2D eigenvalue weighted by atomic mass is 10.0. The SMILES string of the molecule is CCCCCCCCCCCCCCCCCCO[C@H](Oc1cc(C)c(C#N)cc1F)C(C)OP(=O)(O)O. The zero-order valence-corrected chi connectivity index (χ0v) is 24.5. The Hall–Kier alpha value is -1.49. The number of rotatable bonds is 23. The number of hydrogen-bond acceptors (Lipinski definition) is 5. The van der Waals surface area contributed by atoms with Gasteiger partial charge < -0.3 is 19.3 Å². The number of ether oxygens (including phenoxy) is 2. The molecule has 0 aliphatic carbocycles. The molecule has 0 fully saturated rings. The van der Waals surface area contributed by atoms with Crippen molar-refractivity contribution in [1.29, 1.82) is 5.26 Å². The van der Waals surface area contributed by atoms with Crippen LogP contribution in [0, 0.1) is 24.1 Å². The quantitative estimate of drug-likeness (QED) is 0.0789. The molecule has 38 heavy (non-hydrogen) atoms. The third kappa shape index (κ3) is 16.5. The highest BCUT2D eigenvalue weighted by Crippen LogP contribution is 2.39. The fraction of sp³-hybridized carbons (Fsp3) is 0.759. The van der Waals surface area contributed by atoms with E-state index < -0.39 is 26.0 Å². The van der Waals surface area contributed by atoms with Gasteiger partial charge in [-0.2, -0.15) is 5.26 Å². The average molecular weight is 558 g/mol. The highest BCUT2D eigenvalue weighted by molar-refractivity contribution is 7.46. The van der Waals surface area contributed by atoms with Gasteiger partial charge in [0.2, 0.25) is 6.29 Å². The van der Waals surface area contributed by atoms with E-state index in [0.29, 0.717) is 5.56 Å². The van der Waals surface area contributed by atoms with Gasteiger partial charge in [-0.25, -0.2) is 8.96 Å². The molecule has 1 aromatic rings. The van der Waals surface area contributed by atoms with Crippen molar-refractivity contribution in [3.05, 3.63) is 29.1 Å². The van der Waals surface area contributed by atoms with E-state index in [-0.39, 0.29) is 17.9 Å². The van der Waals surface area contributed by atoms with Crippen molar-refractivity contribution in [3.8, 4) is 11.8 Å². The largest absolute Gasteiger partial charge is 0.470 e. The Morgan fingerprint density at radius 3 is 1.82 bits per heavy atom. The van der Waals surface area contributed by atoms with Crippen molar-refractivity contribution in [2.75, 3.05) is 6.61 Å². The molecule has 0 bridgehead atoms. The second-order valence-electron chi connectivity index (χ2n) is 10.2. The second-order valence-corrected chi connectivity index (χ2v) is 11.4. The van der Waals surface area contributed by atoms with Crippen molar-refractivity contribution in [2.24, 2.45) is 0 Å². The molecule has 218 valence electrons. The van der Waals surface area contributed by atoms with Crippen molar-refractivity contribution < 1.29 is 32.7 Å². The summed E-state index contributed by atoms with van der Waals surface area (Å²) in [5, 5.41) is 9.06. The van der Waals surface area contributed by atoms with Crippen molar-refractivity contribution in [2.45, 2.75) is 136 Å². The number of hydrogen-bond donors (Lipinski definition) is 2. The summed E-state index contributed by atoms with van der Waals surface area (Å²) in [6.45, 7) is 5.58. The molecule has 0 spiro atoms.